The lowest BCUT2D eigenvalue weighted by Crippen LogP contribution is -2.20. The van der Waals surface area contributed by atoms with Crippen LogP contribution in [-0.4, -0.2) is 22.4 Å². The molecule has 2 rings (SSSR count). The van der Waals surface area contributed by atoms with Crippen LogP contribution in [0.4, 0.5) is 11.6 Å². The number of anilines is 2. The van der Waals surface area contributed by atoms with Gasteiger partial charge in [-0.15, -0.1) is 0 Å². The Bertz CT molecular complexity index is 677. The minimum atomic E-state index is -0.233. The zero-order valence-electron chi connectivity index (χ0n) is 14.2. The molecular weight excluding hydrogens is 288 g/mol. The van der Waals surface area contributed by atoms with E-state index in [0.29, 0.717) is 11.6 Å². The van der Waals surface area contributed by atoms with Crippen molar-refractivity contribution in [1.29, 1.82) is 0 Å². The molecule has 1 heterocycles. The normalized spacial score (nSPS) is 11.1. The number of nitrogens with zero attached hydrogens (tertiary/aromatic N) is 2. The van der Waals surface area contributed by atoms with Crippen LogP contribution in [0, 0.1) is 0 Å². The van der Waals surface area contributed by atoms with E-state index in [1.54, 1.807) is 12.3 Å². The van der Waals surface area contributed by atoms with E-state index < -0.39 is 0 Å². The molecule has 1 aromatic carbocycles. The first-order valence-electron chi connectivity index (χ1n) is 7.89. The van der Waals surface area contributed by atoms with Crippen LogP contribution in [0.15, 0.2) is 36.5 Å². The van der Waals surface area contributed by atoms with E-state index in [0.717, 1.165) is 24.2 Å². The summed E-state index contributed by atoms with van der Waals surface area (Å²) in [5.74, 6) is 0.243. The quantitative estimate of drug-likeness (QED) is 0.880. The van der Waals surface area contributed by atoms with Crippen LogP contribution in [0.3, 0.4) is 0 Å². The highest BCUT2D eigenvalue weighted by Crippen LogP contribution is 2.29. The first-order chi connectivity index (χ1) is 10.9. The molecule has 0 unspecified atom stereocenters. The summed E-state index contributed by atoms with van der Waals surface area (Å²) in [5.41, 5.74) is 2.20. The molecule has 0 saturated carbocycles. The van der Waals surface area contributed by atoms with Crippen molar-refractivity contribution in [1.82, 2.24) is 9.97 Å². The Morgan fingerprint density at radius 2 is 1.91 bits per heavy atom. The van der Waals surface area contributed by atoms with Crippen LogP contribution in [0.1, 0.15) is 50.2 Å². The minimum Gasteiger partial charge on any atom is -0.354 e. The van der Waals surface area contributed by atoms with Crippen LogP contribution in [0.25, 0.3) is 0 Å². The van der Waals surface area contributed by atoms with E-state index in [4.69, 9.17) is 0 Å². The fourth-order valence-corrected chi connectivity index (χ4v) is 2.24. The molecule has 1 amide bonds. The largest absolute Gasteiger partial charge is 0.354 e. The molecule has 0 saturated heterocycles. The number of amides is 1. The summed E-state index contributed by atoms with van der Waals surface area (Å²) in [4.78, 5) is 20.9. The molecule has 122 valence electrons. The van der Waals surface area contributed by atoms with Crippen molar-refractivity contribution in [2.45, 2.75) is 39.5 Å². The molecule has 23 heavy (non-hydrogen) atoms. The second-order valence-electron chi connectivity index (χ2n) is 6.44. The van der Waals surface area contributed by atoms with Crippen molar-refractivity contribution < 1.29 is 4.79 Å². The predicted octanol–water partition coefficient (Wildman–Crippen LogP) is 3.85. The molecule has 5 heteroatoms. The van der Waals surface area contributed by atoms with Crippen LogP contribution >= 0.6 is 0 Å². The second-order valence-corrected chi connectivity index (χ2v) is 6.44. The second kappa shape index (κ2) is 7.22. The number of rotatable bonds is 5. The van der Waals surface area contributed by atoms with Crippen LogP contribution in [0.5, 0.6) is 0 Å². The summed E-state index contributed by atoms with van der Waals surface area (Å²) in [7, 11) is 0. The first-order valence-corrected chi connectivity index (χ1v) is 7.89. The molecule has 1 aromatic heterocycles. The molecular formula is C18H24N4O. The van der Waals surface area contributed by atoms with Crippen molar-refractivity contribution >= 4 is 17.5 Å². The summed E-state index contributed by atoms with van der Waals surface area (Å²) in [6.45, 7) is 9.20. The Labute approximate surface area is 137 Å². The van der Waals surface area contributed by atoms with E-state index in [1.807, 2.05) is 24.3 Å². The standard InChI is InChI=1S/C18H24N4O/c1-5-11-19-17-20-12-10-15(22-17)16(23)21-14-9-7-6-8-13(14)18(2,3)4/h6-10,12H,5,11H2,1-4H3,(H,21,23)(H,19,20,22). The molecule has 0 spiro atoms. The highest BCUT2D eigenvalue weighted by Gasteiger charge is 2.19. The molecule has 0 atom stereocenters. The Hall–Kier alpha value is -2.43. The predicted molar refractivity (Wildman–Crippen MR) is 93.9 cm³/mol. The van der Waals surface area contributed by atoms with E-state index in [1.165, 1.54) is 0 Å². The van der Waals surface area contributed by atoms with Gasteiger partial charge in [0.05, 0.1) is 0 Å². The fraction of sp³-hybridized carbons (Fsp3) is 0.389. The van der Waals surface area contributed by atoms with Gasteiger partial charge in [0, 0.05) is 18.4 Å². The number of hydrogen-bond donors (Lipinski definition) is 2. The lowest BCUT2D eigenvalue weighted by Gasteiger charge is -2.22. The Balaban J connectivity index is 2.20. The lowest BCUT2D eigenvalue weighted by atomic mass is 9.86. The lowest BCUT2D eigenvalue weighted by molar-refractivity contribution is 0.102. The van der Waals surface area contributed by atoms with E-state index in [-0.39, 0.29) is 11.3 Å². The minimum absolute atomic E-state index is 0.0522. The van der Waals surface area contributed by atoms with Crippen molar-refractivity contribution in [2.75, 3.05) is 17.2 Å². The zero-order chi connectivity index (χ0) is 16.9. The maximum Gasteiger partial charge on any atom is 0.274 e. The Morgan fingerprint density at radius 3 is 2.61 bits per heavy atom. The number of benzene rings is 1. The smallest absolute Gasteiger partial charge is 0.274 e. The zero-order valence-corrected chi connectivity index (χ0v) is 14.2. The Kier molecular flexibility index (Phi) is 5.32. The van der Waals surface area contributed by atoms with Gasteiger partial charge in [0.25, 0.3) is 5.91 Å². The molecule has 0 bridgehead atoms. The monoisotopic (exact) mass is 312 g/mol. The summed E-state index contributed by atoms with van der Waals surface area (Å²) >= 11 is 0. The summed E-state index contributed by atoms with van der Waals surface area (Å²) in [6, 6.07) is 9.46. The number of aromatic nitrogens is 2. The maximum absolute atomic E-state index is 12.5. The third-order valence-corrected chi connectivity index (χ3v) is 3.40. The van der Waals surface area contributed by atoms with Crippen LogP contribution < -0.4 is 10.6 Å². The molecule has 0 aliphatic rings. The highest BCUT2D eigenvalue weighted by molar-refractivity contribution is 6.03. The fourth-order valence-electron chi connectivity index (χ4n) is 2.24. The van der Waals surface area contributed by atoms with Crippen LogP contribution in [-0.2, 0) is 5.41 Å². The van der Waals surface area contributed by atoms with Gasteiger partial charge < -0.3 is 10.6 Å². The number of carbonyl (C=O) groups is 1. The summed E-state index contributed by atoms with van der Waals surface area (Å²) in [5, 5.41) is 6.05. The Morgan fingerprint density at radius 1 is 1.17 bits per heavy atom. The van der Waals surface area contributed by atoms with Gasteiger partial charge in [0.15, 0.2) is 0 Å². The van der Waals surface area contributed by atoms with Gasteiger partial charge in [0.1, 0.15) is 5.69 Å². The van der Waals surface area contributed by atoms with Crippen molar-refractivity contribution in [3.63, 3.8) is 0 Å². The summed E-state index contributed by atoms with van der Waals surface area (Å²) < 4.78 is 0. The number of hydrogen-bond acceptors (Lipinski definition) is 4. The van der Waals surface area contributed by atoms with Gasteiger partial charge in [-0.2, -0.15) is 0 Å². The number of nitrogens with one attached hydrogen (secondary N) is 2. The van der Waals surface area contributed by atoms with E-state index >= 15 is 0 Å². The number of para-hydroxylation sites is 1. The van der Waals surface area contributed by atoms with Gasteiger partial charge in [-0.25, -0.2) is 9.97 Å². The van der Waals surface area contributed by atoms with Crippen molar-refractivity contribution in [2.24, 2.45) is 0 Å². The van der Waals surface area contributed by atoms with Gasteiger partial charge in [-0.3, -0.25) is 4.79 Å². The SMILES string of the molecule is CCCNc1nccc(C(=O)Nc2ccccc2C(C)(C)C)n1. The first kappa shape index (κ1) is 16.9. The molecule has 2 aromatic rings. The van der Waals surface area contributed by atoms with Gasteiger partial charge in [-0.1, -0.05) is 45.9 Å². The molecule has 0 aliphatic carbocycles. The molecule has 0 fully saturated rings. The topological polar surface area (TPSA) is 66.9 Å². The third kappa shape index (κ3) is 4.52. The summed E-state index contributed by atoms with van der Waals surface area (Å²) in [6.07, 6.45) is 2.56. The van der Waals surface area contributed by atoms with Crippen molar-refractivity contribution in [3.8, 4) is 0 Å². The van der Waals surface area contributed by atoms with Gasteiger partial charge in [-0.05, 0) is 29.5 Å². The highest BCUT2D eigenvalue weighted by atomic mass is 16.1. The van der Waals surface area contributed by atoms with E-state index in [2.05, 4.69) is 48.3 Å². The van der Waals surface area contributed by atoms with Crippen LogP contribution in [0.2, 0.25) is 0 Å². The molecule has 2 N–H and O–H groups in total. The average molecular weight is 312 g/mol. The van der Waals surface area contributed by atoms with Gasteiger partial charge in [0.2, 0.25) is 5.95 Å². The molecule has 0 radical (unpaired) electrons. The average Bonchev–Trinajstić information content (AvgIpc) is 2.52. The van der Waals surface area contributed by atoms with Crippen molar-refractivity contribution in [3.05, 3.63) is 47.8 Å². The number of carbonyl (C=O) groups excluding carboxylic acids is 1. The van der Waals surface area contributed by atoms with Gasteiger partial charge >= 0.3 is 0 Å². The maximum atomic E-state index is 12.5. The molecule has 0 aliphatic heterocycles. The van der Waals surface area contributed by atoms with E-state index in [9.17, 15) is 4.79 Å². The molecule has 5 nitrogen and oxygen atoms in total. The third-order valence-electron chi connectivity index (χ3n) is 3.40.